The first-order valence-corrected chi connectivity index (χ1v) is 10.1. The Balaban J connectivity index is 1.40. The number of hydrogen-bond donors (Lipinski definition) is 1. The number of nitrogens with one attached hydrogen (secondary N) is 1. The fourth-order valence-corrected chi connectivity index (χ4v) is 3.71. The Labute approximate surface area is 167 Å². The van der Waals surface area contributed by atoms with Crippen molar-refractivity contribution in [3.8, 4) is 5.75 Å². The van der Waals surface area contributed by atoms with Crippen LogP contribution in [0.3, 0.4) is 0 Å². The van der Waals surface area contributed by atoms with Gasteiger partial charge in [-0.2, -0.15) is 0 Å². The van der Waals surface area contributed by atoms with Crippen molar-refractivity contribution < 1.29 is 14.3 Å². The van der Waals surface area contributed by atoms with Gasteiger partial charge in [0.2, 0.25) is 11.8 Å². The van der Waals surface area contributed by atoms with E-state index in [4.69, 9.17) is 4.74 Å². The van der Waals surface area contributed by atoms with Gasteiger partial charge in [-0.25, -0.2) is 0 Å². The number of hydrogen-bond acceptors (Lipinski definition) is 5. The SMILES string of the molecule is COc1ccc(N2CCN(C(=O)C3CC3C(=O)NCCCN(C)C)CC2)cc1. The zero-order valence-corrected chi connectivity index (χ0v) is 17.2. The molecule has 1 saturated carbocycles. The number of carbonyl (C=O) groups excluding carboxylic acids is 2. The van der Waals surface area contributed by atoms with E-state index < -0.39 is 0 Å². The van der Waals surface area contributed by atoms with E-state index in [1.807, 2.05) is 43.3 Å². The second-order valence-electron chi connectivity index (χ2n) is 7.91. The lowest BCUT2D eigenvalue weighted by Crippen LogP contribution is -2.49. The fraction of sp³-hybridized carbons (Fsp3) is 0.619. The Hall–Kier alpha value is -2.28. The number of methoxy groups -OCH3 is 1. The van der Waals surface area contributed by atoms with Crippen molar-refractivity contribution in [1.82, 2.24) is 15.1 Å². The number of benzene rings is 1. The first-order valence-electron chi connectivity index (χ1n) is 10.1. The second-order valence-corrected chi connectivity index (χ2v) is 7.91. The fourth-order valence-electron chi connectivity index (χ4n) is 3.71. The molecule has 0 spiro atoms. The summed E-state index contributed by atoms with van der Waals surface area (Å²) in [4.78, 5) is 31.3. The molecule has 0 aromatic heterocycles. The van der Waals surface area contributed by atoms with E-state index in [-0.39, 0.29) is 23.7 Å². The highest BCUT2D eigenvalue weighted by Gasteiger charge is 2.49. The lowest BCUT2D eigenvalue weighted by Gasteiger charge is -2.36. The van der Waals surface area contributed by atoms with Crippen molar-refractivity contribution >= 4 is 17.5 Å². The summed E-state index contributed by atoms with van der Waals surface area (Å²) in [5.74, 6) is 0.766. The van der Waals surface area contributed by atoms with Crippen LogP contribution in [-0.2, 0) is 9.59 Å². The second kappa shape index (κ2) is 9.28. The van der Waals surface area contributed by atoms with Crippen molar-refractivity contribution in [2.24, 2.45) is 11.8 Å². The smallest absolute Gasteiger partial charge is 0.226 e. The van der Waals surface area contributed by atoms with Crippen molar-refractivity contribution in [2.45, 2.75) is 12.8 Å². The summed E-state index contributed by atoms with van der Waals surface area (Å²) in [5, 5.41) is 2.97. The molecule has 2 amide bonds. The molecule has 0 radical (unpaired) electrons. The molecule has 154 valence electrons. The lowest BCUT2D eigenvalue weighted by molar-refractivity contribution is -0.135. The molecule has 1 N–H and O–H groups in total. The van der Waals surface area contributed by atoms with E-state index in [0.29, 0.717) is 26.1 Å². The Morgan fingerprint density at radius 2 is 1.79 bits per heavy atom. The maximum absolute atomic E-state index is 12.7. The van der Waals surface area contributed by atoms with E-state index in [2.05, 4.69) is 15.1 Å². The molecule has 2 unspecified atom stereocenters. The number of piperazine rings is 1. The molecule has 1 aliphatic heterocycles. The maximum atomic E-state index is 12.7. The normalized spacial score (nSPS) is 21.6. The Morgan fingerprint density at radius 3 is 2.39 bits per heavy atom. The van der Waals surface area contributed by atoms with Gasteiger partial charge in [-0.15, -0.1) is 0 Å². The molecule has 1 heterocycles. The van der Waals surface area contributed by atoms with E-state index >= 15 is 0 Å². The number of amides is 2. The molecule has 7 nitrogen and oxygen atoms in total. The quantitative estimate of drug-likeness (QED) is 0.675. The van der Waals surface area contributed by atoms with Crippen molar-refractivity contribution in [3.63, 3.8) is 0 Å². The topological polar surface area (TPSA) is 65.1 Å². The molecule has 1 aliphatic carbocycles. The van der Waals surface area contributed by atoms with Crippen LogP contribution >= 0.6 is 0 Å². The first-order chi connectivity index (χ1) is 13.5. The Kier molecular flexibility index (Phi) is 6.78. The van der Waals surface area contributed by atoms with Crippen molar-refractivity contribution in [2.75, 3.05) is 65.4 Å². The van der Waals surface area contributed by atoms with Crippen molar-refractivity contribution in [1.29, 1.82) is 0 Å². The molecule has 7 heteroatoms. The summed E-state index contributed by atoms with van der Waals surface area (Å²) in [6, 6.07) is 8.01. The number of anilines is 1. The van der Waals surface area contributed by atoms with Gasteiger partial charge in [-0.05, 0) is 57.7 Å². The van der Waals surface area contributed by atoms with Crippen LogP contribution in [0.1, 0.15) is 12.8 Å². The van der Waals surface area contributed by atoms with E-state index in [1.54, 1.807) is 7.11 Å². The van der Waals surface area contributed by atoms with Crippen LogP contribution in [0.15, 0.2) is 24.3 Å². The molecule has 1 saturated heterocycles. The molecule has 0 bridgehead atoms. The van der Waals surface area contributed by atoms with Crippen LogP contribution < -0.4 is 15.0 Å². The molecule has 3 rings (SSSR count). The summed E-state index contributed by atoms with van der Waals surface area (Å²) >= 11 is 0. The highest BCUT2D eigenvalue weighted by atomic mass is 16.5. The minimum Gasteiger partial charge on any atom is -0.497 e. The monoisotopic (exact) mass is 388 g/mol. The number of nitrogens with zero attached hydrogens (tertiary/aromatic N) is 3. The van der Waals surface area contributed by atoms with Crippen molar-refractivity contribution in [3.05, 3.63) is 24.3 Å². The standard InChI is InChI=1S/C21H32N4O3/c1-23(2)10-4-9-22-20(26)18-15-19(18)21(27)25-13-11-24(12-14-25)16-5-7-17(28-3)8-6-16/h5-8,18-19H,4,9-15H2,1-3H3,(H,22,26). The molecule has 2 atom stereocenters. The third kappa shape index (κ3) is 5.16. The van der Waals surface area contributed by atoms with Crippen LogP contribution in [0.5, 0.6) is 5.75 Å². The minimum atomic E-state index is -0.133. The van der Waals surface area contributed by atoms with E-state index in [1.165, 1.54) is 0 Å². The third-order valence-electron chi connectivity index (χ3n) is 5.55. The van der Waals surface area contributed by atoms with Gasteiger partial charge in [0.05, 0.1) is 18.9 Å². The number of ether oxygens (including phenoxy) is 1. The molecule has 1 aromatic carbocycles. The van der Waals surface area contributed by atoms with Crippen LogP contribution in [0.25, 0.3) is 0 Å². The van der Waals surface area contributed by atoms with Crippen LogP contribution in [0, 0.1) is 11.8 Å². The van der Waals surface area contributed by atoms with Gasteiger partial charge in [0.15, 0.2) is 0 Å². The molecule has 28 heavy (non-hydrogen) atoms. The predicted octanol–water partition coefficient (Wildman–Crippen LogP) is 1.05. The number of rotatable bonds is 8. The van der Waals surface area contributed by atoms with Crippen LogP contribution in [0.4, 0.5) is 5.69 Å². The summed E-state index contributed by atoms with van der Waals surface area (Å²) in [6.45, 7) is 4.66. The summed E-state index contributed by atoms with van der Waals surface area (Å²) in [6.07, 6.45) is 1.62. The third-order valence-corrected chi connectivity index (χ3v) is 5.55. The summed E-state index contributed by atoms with van der Waals surface area (Å²) < 4.78 is 5.20. The van der Waals surface area contributed by atoms with Gasteiger partial charge in [0, 0.05) is 38.4 Å². The average Bonchev–Trinajstić information content (AvgIpc) is 3.51. The zero-order valence-electron chi connectivity index (χ0n) is 17.2. The van der Waals surface area contributed by atoms with Gasteiger partial charge in [-0.1, -0.05) is 0 Å². The predicted molar refractivity (Wildman–Crippen MR) is 110 cm³/mol. The van der Waals surface area contributed by atoms with E-state index in [0.717, 1.165) is 37.5 Å². The van der Waals surface area contributed by atoms with Crippen LogP contribution in [-0.4, -0.2) is 82.1 Å². The van der Waals surface area contributed by atoms with Gasteiger partial charge >= 0.3 is 0 Å². The Morgan fingerprint density at radius 1 is 1.11 bits per heavy atom. The van der Waals surface area contributed by atoms with Gasteiger partial charge < -0.3 is 24.8 Å². The first kappa shape index (κ1) is 20.5. The van der Waals surface area contributed by atoms with Crippen LogP contribution in [0.2, 0.25) is 0 Å². The molecule has 2 aliphatic rings. The number of carbonyl (C=O) groups is 2. The Bertz CT molecular complexity index is 669. The molecule has 1 aromatic rings. The minimum absolute atomic E-state index is 0.0361. The summed E-state index contributed by atoms with van der Waals surface area (Å²) in [7, 11) is 5.70. The molecule has 2 fully saturated rings. The molecular weight excluding hydrogens is 356 g/mol. The highest BCUT2D eigenvalue weighted by molar-refractivity contribution is 5.92. The highest BCUT2D eigenvalue weighted by Crippen LogP contribution is 2.40. The van der Waals surface area contributed by atoms with E-state index in [9.17, 15) is 9.59 Å². The van der Waals surface area contributed by atoms with Gasteiger partial charge in [-0.3, -0.25) is 9.59 Å². The van der Waals surface area contributed by atoms with Gasteiger partial charge in [0.25, 0.3) is 0 Å². The average molecular weight is 389 g/mol. The summed E-state index contributed by atoms with van der Waals surface area (Å²) in [5.41, 5.74) is 1.15. The zero-order chi connectivity index (χ0) is 20.1. The lowest BCUT2D eigenvalue weighted by atomic mass is 10.2. The molecular formula is C21H32N4O3. The maximum Gasteiger partial charge on any atom is 0.226 e. The largest absolute Gasteiger partial charge is 0.497 e. The van der Waals surface area contributed by atoms with Gasteiger partial charge in [0.1, 0.15) is 5.75 Å².